The average molecular weight is 461 g/mol. The third kappa shape index (κ3) is 7.10. The van der Waals surface area contributed by atoms with E-state index in [1.165, 1.54) is 0 Å². The lowest BCUT2D eigenvalue weighted by atomic mass is 10.1. The molecule has 0 bridgehead atoms. The topological polar surface area (TPSA) is 72.2 Å². The van der Waals surface area contributed by atoms with Crippen molar-refractivity contribution in [2.75, 3.05) is 17.7 Å². The number of rotatable bonds is 12. The molecule has 1 heterocycles. The maximum absolute atomic E-state index is 5.88. The van der Waals surface area contributed by atoms with Crippen LogP contribution in [0.5, 0.6) is 0 Å². The molecule has 0 saturated carbocycles. The second-order valence-electron chi connectivity index (χ2n) is 7.37. The Morgan fingerprint density at radius 2 is 1.94 bits per heavy atom. The van der Waals surface area contributed by atoms with Gasteiger partial charge in [-0.05, 0) is 56.2 Å². The van der Waals surface area contributed by atoms with E-state index in [-0.39, 0.29) is 8.87 Å². The van der Waals surface area contributed by atoms with Crippen LogP contribution in [-0.2, 0) is 4.74 Å². The lowest BCUT2D eigenvalue weighted by molar-refractivity contribution is 0.362. The molecule has 6 heteroatoms. The van der Waals surface area contributed by atoms with Crippen molar-refractivity contribution in [1.82, 2.24) is 10.2 Å². The highest BCUT2D eigenvalue weighted by Crippen LogP contribution is 2.26. The second kappa shape index (κ2) is 12.6. The number of allylic oxidation sites excluding steroid dienone is 8. The summed E-state index contributed by atoms with van der Waals surface area (Å²) in [6.45, 7) is 21.3. The number of ether oxygens (including phenoxy) is 1. The molecule has 2 rings (SSSR count). The quantitative estimate of drug-likeness (QED) is 0.246. The van der Waals surface area contributed by atoms with Crippen molar-refractivity contribution in [2.24, 2.45) is 0 Å². The van der Waals surface area contributed by atoms with Crippen LogP contribution in [-0.4, -0.2) is 17.2 Å². The van der Waals surface area contributed by atoms with Crippen molar-refractivity contribution in [1.29, 1.82) is 0 Å². The summed E-state index contributed by atoms with van der Waals surface area (Å²) in [5.41, 5.74) is 5.97. The average Bonchev–Trinajstić information content (AvgIpc) is 3.29. The molecule has 0 radical (unpaired) electrons. The van der Waals surface area contributed by atoms with Gasteiger partial charge in [0.15, 0.2) is 0 Å². The van der Waals surface area contributed by atoms with E-state index in [0.29, 0.717) is 22.8 Å². The number of hydrogen-bond donors (Lipinski definition) is 2. The summed E-state index contributed by atoms with van der Waals surface area (Å²) in [5.74, 6) is 0.787. The lowest BCUT2D eigenvalue weighted by Crippen LogP contribution is -1.95. The highest BCUT2D eigenvalue weighted by Gasteiger charge is 2.12. The molecule has 0 spiro atoms. The van der Waals surface area contributed by atoms with Crippen LogP contribution < -0.4 is 10.6 Å². The van der Waals surface area contributed by atoms with Gasteiger partial charge in [0.05, 0.1) is 6.26 Å². The van der Waals surface area contributed by atoms with Crippen molar-refractivity contribution in [2.45, 2.75) is 20.8 Å². The zero-order chi connectivity index (χ0) is 25.1. The number of nitrogens with one attached hydrogen (secondary N) is 2. The molecule has 0 fully saturated rings. The van der Waals surface area contributed by atoms with Gasteiger partial charge in [0.1, 0.15) is 5.76 Å². The minimum Gasteiger partial charge on any atom is -0.465 e. The highest BCUT2D eigenvalue weighted by atomic mass is 16.5. The SMILES string of the molecule is C=CC=C(/C=C(\C=C/C)c1nnc(Nc2ccc(NC)c(C=C)c2)o1)C(=C)O/C=C(/C)C(=C)C.[HH].[HH]. The molecule has 0 atom stereocenters. The molecule has 0 aliphatic heterocycles. The third-order valence-corrected chi connectivity index (χ3v) is 4.79. The van der Waals surface area contributed by atoms with E-state index >= 15 is 0 Å². The van der Waals surface area contributed by atoms with Gasteiger partial charge in [0, 0.05) is 32.4 Å². The Kier molecular flexibility index (Phi) is 9.65. The molecule has 1 aromatic heterocycles. The molecule has 1 aromatic carbocycles. The fourth-order valence-corrected chi connectivity index (χ4v) is 2.76. The van der Waals surface area contributed by atoms with Gasteiger partial charge < -0.3 is 19.8 Å². The van der Waals surface area contributed by atoms with Gasteiger partial charge in [-0.15, -0.1) is 5.10 Å². The van der Waals surface area contributed by atoms with Crippen molar-refractivity contribution >= 4 is 29.0 Å². The van der Waals surface area contributed by atoms with E-state index in [1.807, 2.05) is 64.2 Å². The Labute approximate surface area is 205 Å². The summed E-state index contributed by atoms with van der Waals surface area (Å²) >= 11 is 0. The summed E-state index contributed by atoms with van der Waals surface area (Å²) in [6.07, 6.45) is 12.5. The van der Waals surface area contributed by atoms with Gasteiger partial charge in [-0.25, -0.2) is 0 Å². The molecule has 0 aliphatic carbocycles. The number of benzene rings is 1. The summed E-state index contributed by atoms with van der Waals surface area (Å²) in [7, 11) is 1.86. The molecule has 0 saturated heterocycles. The number of anilines is 3. The zero-order valence-electron chi connectivity index (χ0n) is 20.3. The minimum absolute atomic E-state index is 0. The largest absolute Gasteiger partial charge is 0.465 e. The van der Waals surface area contributed by atoms with Crippen LogP contribution in [0.25, 0.3) is 11.6 Å². The van der Waals surface area contributed by atoms with Gasteiger partial charge in [-0.2, -0.15) is 0 Å². The van der Waals surface area contributed by atoms with Gasteiger partial charge in [0.25, 0.3) is 0 Å². The number of nitrogens with zero attached hydrogens (tertiary/aromatic N) is 2. The fourth-order valence-electron chi connectivity index (χ4n) is 2.76. The predicted molar refractivity (Wildman–Crippen MR) is 148 cm³/mol. The first-order valence-corrected chi connectivity index (χ1v) is 10.7. The van der Waals surface area contributed by atoms with Crippen molar-refractivity contribution in [3.63, 3.8) is 0 Å². The van der Waals surface area contributed by atoms with Crippen molar-refractivity contribution < 1.29 is 12.0 Å². The first-order chi connectivity index (χ1) is 16.3. The molecule has 0 aliphatic rings. The Bertz CT molecular complexity index is 1200. The number of hydrogen-bond acceptors (Lipinski definition) is 6. The van der Waals surface area contributed by atoms with Crippen LogP contribution >= 0.6 is 0 Å². The third-order valence-electron chi connectivity index (χ3n) is 4.79. The maximum Gasteiger partial charge on any atom is 0.320 e. The van der Waals surface area contributed by atoms with Crippen LogP contribution in [0, 0.1) is 0 Å². The van der Waals surface area contributed by atoms with Crippen LogP contribution in [0.2, 0.25) is 0 Å². The smallest absolute Gasteiger partial charge is 0.320 e. The summed E-state index contributed by atoms with van der Waals surface area (Å²) in [5, 5.41) is 14.6. The van der Waals surface area contributed by atoms with Crippen LogP contribution in [0.15, 0.2) is 108 Å². The zero-order valence-corrected chi connectivity index (χ0v) is 20.3. The van der Waals surface area contributed by atoms with E-state index in [4.69, 9.17) is 9.15 Å². The van der Waals surface area contributed by atoms with E-state index < -0.39 is 0 Å². The molecule has 0 amide bonds. The normalized spacial score (nSPS) is 12.4. The van der Waals surface area contributed by atoms with Gasteiger partial charge in [-0.3, -0.25) is 0 Å². The summed E-state index contributed by atoms with van der Waals surface area (Å²) in [4.78, 5) is 0. The van der Waals surface area contributed by atoms with Crippen molar-refractivity contribution in [3.05, 3.63) is 115 Å². The molecular formula is C28H36N4O2. The number of aromatic nitrogens is 2. The van der Waals surface area contributed by atoms with E-state index in [0.717, 1.165) is 28.1 Å². The Balaban J connectivity index is 0.00000612. The van der Waals surface area contributed by atoms with Crippen LogP contribution in [0.4, 0.5) is 17.4 Å². The monoisotopic (exact) mass is 460 g/mol. The predicted octanol–water partition coefficient (Wildman–Crippen LogP) is 8.07. The Morgan fingerprint density at radius 1 is 1.18 bits per heavy atom. The Morgan fingerprint density at radius 3 is 2.56 bits per heavy atom. The van der Waals surface area contributed by atoms with Gasteiger partial charge in [-0.1, -0.05) is 67.4 Å². The molecule has 6 nitrogen and oxygen atoms in total. The summed E-state index contributed by atoms with van der Waals surface area (Å²) < 4.78 is 11.6. The first kappa shape index (κ1) is 25.9. The standard InChI is InChI=1S/C28H32N4O2.2H2/c1-9-12-23(21(7)33-18-20(6)19(4)5)16-24(13-10-2)27-31-32-28(34-27)30-25-14-15-26(29-8)22(11-3)17-25;;/h9-18,29H,1,3-4,7H2,2,5-6,8H3,(H,30,32);2*1H/b13-10-,20-18-,23-12?,24-16+;;. The lowest BCUT2D eigenvalue weighted by Gasteiger charge is -2.09. The van der Waals surface area contributed by atoms with E-state index in [9.17, 15) is 0 Å². The second-order valence-corrected chi connectivity index (χ2v) is 7.37. The molecule has 34 heavy (non-hydrogen) atoms. The Hall–Kier alpha value is -4.32. The van der Waals surface area contributed by atoms with Crippen LogP contribution in [0.1, 0.15) is 35.1 Å². The summed E-state index contributed by atoms with van der Waals surface area (Å²) in [6, 6.07) is 6.07. The van der Waals surface area contributed by atoms with Crippen LogP contribution in [0.3, 0.4) is 0 Å². The van der Waals surface area contributed by atoms with E-state index in [2.05, 4.69) is 47.1 Å². The highest BCUT2D eigenvalue weighted by molar-refractivity contribution is 5.74. The molecular weight excluding hydrogens is 424 g/mol. The van der Waals surface area contributed by atoms with Gasteiger partial charge >= 0.3 is 6.01 Å². The van der Waals surface area contributed by atoms with E-state index in [1.54, 1.807) is 24.5 Å². The molecule has 2 N–H and O–H groups in total. The molecule has 180 valence electrons. The molecule has 0 unspecified atom stereocenters. The fraction of sp³-hybridized carbons (Fsp3) is 0.143. The maximum atomic E-state index is 5.88. The van der Waals surface area contributed by atoms with Crippen molar-refractivity contribution in [3.8, 4) is 0 Å². The molecule has 2 aromatic rings. The van der Waals surface area contributed by atoms with Gasteiger partial charge in [0.2, 0.25) is 5.89 Å². The first-order valence-electron chi connectivity index (χ1n) is 10.7. The minimum atomic E-state index is 0.